The number of aryl methyl sites for hydroxylation is 2. The van der Waals surface area contributed by atoms with Crippen LogP contribution in [0.25, 0.3) is 17.1 Å². The van der Waals surface area contributed by atoms with Crippen molar-refractivity contribution in [2.45, 2.75) is 25.4 Å². The number of hydrazine groups is 1. The summed E-state index contributed by atoms with van der Waals surface area (Å²) in [6.07, 6.45) is 4.29. The molecule has 0 aliphatic carbocycles. The predicted octanol–water partition coefficient (Wildman–Crippen LogP) is 3.81. The molecule has 0 radical (unpaired) electrons. The Morgan fingerprint density at radius 1 is 1.09 bits per heavy atom. The van der Waals surface area contributed by atoms with Crippen LogP contribution >= 0.6 is 23.1 Å². The van der Waals surface area contributed by atoms with Crippen LogP contribution < -0.4 is 10.9 Å². The monoisotopic (exact) mass is 478 g/mol. The molecule has 1 aromatic carbocycles. The van der Waals surface area contributed by atoms with Gasteiger partial charge >= 0.3 is 0 Å². The lowest BCUT2D eigenvalue weighted by Gasteiger charge is -2.10. The molecule has 0 aliphatic rings. The molecule has 10 heteroatoms. The van der Waals surface area contributed by atoms with E-state index in [0.29, 0.717) is 15.9 Å². The van der Waals surface area contributed by atoms with Gasteiger partial charge < -0.3 is 0 Å². The summed E-state index contributed by atoms with van der Waals surface area (Å²) in [5.74, 6) is 0.0164. The Morgan fingerprint density at radius 3 is 2.61 bits per heavy atom. The SMILES string of the molecule is CCc1sc(C(=O)NNC(=O)CSc2nnc(-c3cccnc3)n2-c2ccccc2)cc1C. The number of benzene rings is 1. The van der Waals surface area contributed by atoms with Gasteiger partial charge in [0.05, 0.1) is 10.6 Å². The Morgan fingerprint density at radius 2 is 1.91 bits per heavy atom. The van der Waals surface area contributed by atoms with Crippen LogP contribution in [-0.2, 0) is 11.2 Å². The van der Waals surface area contributed by atoms with Crippen molar-refractivity contribution in [1.82, 2.24) is 30.6 Å². The molecule has 3 heterocycles. The summed E-state index contributed by atoms with van der Waals surface area (Å²) in [6, 6.07) is 15.2. The minimum absolute atomic E-state index is 0.0575. The minimum Gasteiger partial charge on any atom is -0.272 e. The van der Waals surface area contributed by atoms with Gasteiger partial charge in [-0.15, -0.1) is 21.5 Å². The molecule has 0 spiro atoms. The van der Waals surface area contributed by atoms with Crippen LogP contribution in [0.3, 0.4) is 0 Å². The fourth-order valence-corrected chi connectivity index (χ4v) is 4.95. The van der Waals surface area contributed by atoms with Crippen LogP contribution in [-0.4, -0.2) is 37.3 Å². The lowest BCUT2D eigenvalue weighted by molar-refractivity contribution is -0.119. The van der Waals surface area contributed by atoms with E-state index in [1.165, 1.54) is 23.1 Å². The first kappa shape index (κ1) is 22.7. The zero-order chi connectivity index (χ0) is 23.2. The third kappa shape index (κ3) is 5.29. The highest BCUT2D eigenvalue weighted by atomic mass is 32.2. The zero-order valence-electron chi connectivity index (χ0n) is 18.1. The summed E-state index contributed by atoms with van der Waals surface area (Å²) in [5.41, 5.74) is 7.73. The molecule has 0 unspecified atom stereocenters. The number of nitrogens with zero attached hydrogens (tertiary/aromatic N) is 4. The van der Waals surface area contributed by atoms with Gasteiger partial charge in [-0.3, -0.25) is 30.0 Å². The second kappa shape index (κ2) is 10.4. The number of hydrogen-bond donors (Lipinski definition) is 2. The van der Waals surface area contributed by atoms with Crippen molar-refractivity contribution in [2.24, 2.45) is 0 Å². The highest BCUT2D eigenvalue weighted by Gasteiger charge is 2.18. The van der Waals surface area contributed by atoms with Gasteiger partial charge in [0.1, 0.15) is 0 Å². The smallest absolute Gasteiger partial charge is 0.272 e. The minimum atomic E-state index is -0.345. The van der Waals surface area contributed by atoms with Crippen LogP contribution in [0.5, 0.6) is 0 Å². The Hall–Kier alpha value is -3.50. The summed E-state index contributed by atoms with van der Waals surface area (Å²) in [7, 11) is 0. The summed E-state index contributed by atoms with van der Waals surface area (Å²) < 4.78 is 1.88. The summed E-state index contributed by atoms with van der Waals surface area (Å²) in [5, 5.41) is 9.17. The summed E-state index contributed by atoms with van der Waals surface area (Å²) in [4.78, 5) is 30.6. The van der Waals surface area contributed by atoms with Crippen molar-refractivity contribution >= 4 is 34.9 Å². The quantitative estimate of drug-likeness (QED) is 0.309. The molecule has 33 heavy (non-hydrogen) atoms. The van der Waals surface area contributed by atoms with Crippen molar-refractivity contribution < 1.29 is 9.59 Å². The molecule has 8 nitrogen and oxygen atoms in total. The molecule has 168 valence electrons. The van der Waals surface area contributed by atoms with E-state index in [9.17, 15) is 9.59 Å². The normalized spacial score (nSPS) is 10.7. The highest BCUT2D eigenvalue weighted by Crippen LogP contribution is 2.27. The first-order chi connectivity index (χ1) is 16.1. The number of thioether (sulfide) groups is 1. The van der Waals surface area contributed by atoms with Crippen LogP contribution in [0, 0.1) is 6.92 Å². The zero-order valence-corrected chi connectivity index (χ0v) is 19.7. The Labute approximate surface area is 199 Å². The van der Waals surface area contributed by atoms with Crippen molar-refractivity contribution in [3.05, 3.63) is 76.2 Å². The molecule has 4 rings (SSSR count). The summed E-state index contributed by atoms with van der Waals surface area (Å²) >= 11 is 2.67. The Kier molecular flexibility index (Phi) is 7.16. The first-order valence-electron chi connectivity index (χ1n) is 10.3. The molecule has 0 saturated heterocycles. The number of para-hydroxylation sites is 1. The van der Waals surface area contributed by atoms with Crippen molar-refractivity contribution in [3.8, 4) is 17.1 Å². The average Bonchev–Trinajstić information content (AvgIpc) is 3.45. The molecule has 3 aromatic heterocycles. The molecular weight excluding hydrogens is 456 g/mol. The van der Waals surface area contributed by atoms with E-state index >= 15 is 0 Å². The largest absolute Gasteiger partial charge is 0.279 e. The molecule has 0 fully saturated rings. The predicted molar refractivity (Wildman–Crippen MR) is 129 cm³/mol. The molecule has 2 amide bonds. The molecular formula is C23H22N6O2S2. The van der Waals surface area contributed by atoms with E-state index in [0.717, 1.165) is 28.1 Å². The van der Waals surface area contributed by atoms with Crippen LogP contribution in [0.15, 0.2) is 66.1 Å². The van der Waals surface area contributed by atoms with E-state index in [1.54, 1.807) is 12.4 Å². The van der Waals surface area contributed by atoms with Gasteiger partial charge in [0.15, 0.2) is 11.0 Å². The number of pyridine rings is 1. The standard InChI is InChI=1S/C23H22N6O2S2/c1-3-18-15(2)12-19(33-18)22(31)27-25-20(30)14-32-23-28-26-21(16-8-7-11-24-13-16)29(23)17-9-5-4-6-10-17/h4-13H,3,14H2,1-2H3,(H,25,30)(H,27,31). The Bertz CT molecular complexity index is 1250. The van der Waals surface area contributed by atoms with Crippen molar-refractivity contribution in [1.29, 1.82) is 0 Å². The van der Waals surface area contributed by atoms with Crippen molar-refractivity contribution in [3.63, 3.8) is 0 Å². The van der Waals surface area contributed by atoms with Gasteiger partial charge in [-0.2, -0.15) is 0 Å². The lowest BCUT2D eigenvalue weighted by atomic mass is 10.2. The number of nitrogens with one attached hydrogen (secondary N) is 2. The fourth-order valence-electron chi connectivity index (χ4n) is 3.19. The number of thiophene rings is 1. The average molecular weight is 479 g/mol. The third-order valence-electron chi connectivity index (χ3n) is 4.78. The van der Waals surface area contributed by atoms with Crippen LogP contribution in [0.1, 0.15) is 27.0 Å². The van der Waals surface area contributed by atoms with Crippen LogP contribution in [0.4, 0.5) is 0 Å². The fraction of sp³-hybridized carbons (Fsp3) is 0.174. The van der Waals surface area contributed by atoms with Gasteiger partial charge in [-0.25, -0.2) is 0 Å². The van der Waals surface area contributed by atoms with E-state index < -0.39 is 0 Å². The van der Waals surface area contributed by atoms with Gasteiger partial charge in [0.2, 0.25) is 5.91 Å². The third-order valence-corrected chi connectivity index (χ3v) is 7.09. The molecule has 0 bridgehead atoms. The molecule has 0 aliphatic heterocycles. The van der Waals surface area contributed by atoms with E-state index in [-0.39, 0.29) is 17.6 Å². The number of amides is 2. The Balaban J connectivity index is 1.44. The molecule has 4 aromatic rings. The second-order valence-corrected chi connectivity index (χ2v) is 9.16. The molecule has 2 N–H and O–H groups in total. The number of rotatable bonds is 7. The topological polar surface area (TPSA) is 102 Å². The van der Waals surface area contributed by atoms with Crippen LogP contribution in [0.2, 0.25) is 0 Å². The first-order valence-corrected chi connectivity index (χ1v) is 12.1. The number of hydrogen-bond acceptors (Lipinski definition) is 7. The maximum absolute atomic E-state index is 12.4. The molecule has 0 saturated carbocycles. The number of aromatic nitrogens is 4. The number of carbonyl (C=O) groups excluding carboxylic acids is 2. The maximum atomic E-state index is 12.4. The van der Waals surface area contributed by atoms with E-state index in [1.807, 2.05) is 66.9 Å². The highest BCUT2D eigenvalue weighted by molar-refractivity contribution is 7.99. The van der Waals surface area contributed by atoms with Gasteiger partial charge in [0.25, 0.3) is 5.91 Å². The van der Waals surface area contributed by atoms with E-state index in [4.69, 9.17) is 0 Å². The van der Waals surface area contributed by atoms with E-state index in [2.05, 4.69) is 26.0 Å². The number of carbonyl (C=O) groups is 2. The molecule has 0 atom stereocenters. The van der Waals surface area contributed by atoms with Gasteiger partial charge in [-0.05, 0) is 49.2 Å². The second-order valence-electron chi connectivity index (χ2n) is 7.08. The van der Waals surface area contributed by atoms with Gasteiger partial charge in [0, 0.05) is 28.5 Å². The maximum Gasteiger partial charge on any atom is 0.279 e. The lowest BCUT2D eigenvalue weighted by Crippen LogP contribution is -2.42. The van der Waals surface area contributed by atoms with Gasteiger partial charge in [-0.1, -0.05) is 36.9 Å². The summed E-state index contributed by atoms with van der Waals surface area (Å²) in [6.45, 7) is 4.03. The van der Waals surface area contributed by atoms with Crippen molar-refractivity contribution in [2.75, 3.05) is 5.75 Å².